The van der Waals surface area contributed by atoms with Crippen LogP contribution < -0.4 is 11.1 Å². The van der Waals surface area contributed by atoms with Crippen LogP contribution in [0.3, 0.4) is 0 Å². The molecule has 0 bridgehead atoms. The Balaban J connectivity index is 3.04. The van der Waals surface area contributed by atoms with Crippen LogP contribution in [0.5, 0.6) is 0 Å². The van der Waals surface area contributed by atoms with Crippen molar-refractivity contribution in [2.24, 2.45) is 5.73 Å². The lowest BCUT2D eigenvalue weighted by molar-refractivity contribution is -0.117. The van der Waals surface area contributed by atoms with E-state index in [1.54, 1.807) is 6.92 Å². The number of amides is 1. The molecule has 1 aromatic rings. The van der Waals surface area contributed by atoms with E-state index in [2.05, 4.69) is 19.2 Å². The summed E-state index contributed by atoms with van der Waals surface area (Å²) in [6, 6.07) is 5.63. The van der Waals surface area contributed by atoms with Gasteiger partial charge in [0.15, 0.2) is 0 Å². The number of anilines is 1. The van der Waals surface area contributed by atoms with Gasteiger partial charge in [0.2, 0.25) is 5.91 Å². The largest absolute Gasteiger partial charge is 0.324 e. The second kappa shape index (κ2) is 5.66. The van der Waals surface area contributed by atoms with Crippen molar-refractivity contribution < 1.29 is 4.79 Å². The van der Waals surface area contributed by atoms with Crippen LogP contribution in [-0.2, 0) is 17.6 Å². The summed E-state index contributed by atoms with van der Waals surface area (Å²) in [5.74, 6) is -0.129. The molecule has 0 unspecified atom stereocenters. The van der Waals surface area contributed by atoms with Gasteiger partial charge in [-0.15, -0.1) is 0 Å². The fourth-order valence-electron chi connectivity index (χ4n) is 1.64. The summed E-state index contributed by atoms with van der Waals surface area (Å²) < 4.78 is 0. The van der Waals surface area contributed by atoms with Crippen molar-refractivity contribution in [2.45, 2.75) is 39.7 Å². The topological polar surface area (TPSA) is 55.1 Å². The third kappa shape index (κ3) is 2.83. The minimum absolute atomic E-state index is 0.129. The normalized spacial score (nSPS) is 12.2. The van der Waals surface area contributed by atoms with Crippen molar-refractivity contribution in [1.82, 2.24) is 0 Å². The van der Waals surface area contributed by atoms with Gasteiger partial charge in [-0.1, -0.05) is 32.0 Å². The van der Waals surface area contributed by atoms with E-state index >= 15 is 0 Å². The minimum Gasteiger partial charge on any atom is -0.324 e. The number of hydrogen-bond donors (Lipinski definition) is 2. The number of hydrogen-bond acceptors (Lipinski definition) is 2. The molecule has 3 N–H and O–H groups in total. The Bertz CT molecular complexity index is 350. The van der Waals surface area contributed by atoms with Gasteiger partial charge < -0.3 is 11.1 Å². The van der Waals surface area contributed by atoms with E-state index in [1.165, 1.54) is 0 Å². The summed E-state index contributed by atoms with van der Waals surface area (Å²) >= 11 is 0. The molecule has 88 valence electrons. The SMILES string of the molecule is CCc1cccc(CC)c1NC(=O)[C@@H](C)N. The molecular weight excluding hydrogens is 200 g/mol. The van der Waals surface area contributed by atoms with Gasteiger partial charge in [-0.05, 0) is 30.9 Å². The van der Waals surface area contributed by atoms with E-state index in [0.717, 1.165) is 29.7 Å². The Morgan fingerprint density at radius 1 is 1.31 bits per heavy atom. The number of benzene rings is 1. The molecule has 3 heteroatoms. The summed E-state index contributed by atoms with van der Waals surface area (Å²) in [6.45, 7) is 5.85. The van der Waals surface area contributed by atoms with Gasteiger partial charge in [0.1, 0.15) is 0 Å². The van der Waals surface area contributed by atoms with E-state index < -0.39 is 6.04 Å². The zero-order valence-corrected chi connectivity index (χ0v) is 10.2. The number of carbonyl (C=O) groups excluding carboxylic acids is 1. The number of carbonyl (C=O) groups is 1. The molecule has 0 spiro atoms. The summed E-state index contributed by atoms with van der Waals surface area (Å²) in [6.07, 6.45) is 1.81. The first-order chi connectivity index (χ1) is 7.60. The monoisotopic (exact) mass is 220 g/mol. The number of nitrogens with one attached hydrogen (secondary N) is 1. The van der Waals surface area contributed by atoms with Crippen LogP contribution in [0.25, 0.3) is 0 Å². The molecule has 0 fully saturated rings. The van der Waals surface area contributed by atoms with E-state index in [4.69, 9.17) is 5.73 Å². The smallest absolute Gasteiger partial charge is 0.241 e. The van der Waals surface area contributed by atoms with Gasteiger partial charge in [0.25, 0.3) is 0 Å². The molecule has 0 aliphatic heterocycles. The van der Waals surface area contributed by atoms with E-state index in [0.29, 0.717) is 0 Å². The molecule has 1 atom stereocenters. The van der Waals surface area contributed by atoms with Crippen molar-refractivity contribution in [3.05, 3.63) is 29.3 Å². The van der Waals surface area contributed by atoms with Crippen LogP contribution in [0.1, 0.15) is 31.9 Å². The number of aryl methyl sites for hydroxylation is 2. The maximum Gasteiger partial charge on any atom is 0.241 e. The molecule has 0 saturated heterocycles. The number of nitrogens with two attached hydrogens (primary N) is 1. The average Bonchev–Trinajstić information content (AvgIpc) is 2.29. The molecule has 0 saturated carbocycles. The van der Waals surface area contributed by atoms with E-state index in [9.17, 15) is 4.79 Å². The summed E-state index contributed by atoms with van der Waals surface area (Å²) in [7, 11) is 0. The van der Waals surface area contributed by atoms with Gasteiger partial charge in [-0.25, -0.2) is 0 Å². The first-order valence-corrected chi connectivity index (χ1v) is 5.77. The van der Waals surface area contributed by atoms with Crippen LogP contribution in [0, 0.1) is 0 Å². The Kier molecular flexibility index (Phi) is 4.50. The molecule has 0 radical (unpaired) electrons. The summed E-state index contributed by atoms with van der Waals surface area (Å²) in [5.41, 5.74) is 8.82. The molecular formula is C13H20N2O. The third-order valence-corrected chi connectivity index (χ3v) is 2.66. The third-order valence-electron chi connectivity index (χ3n) is 2.66. The molecule has 0 aliphatic rings. The molecule has 16 heavy (non-hydrogen) atoms. The maximum atomic E-state index is 11.6. The van der Waals surface area contributed by atoms with Crippen LogP contribution in [0.4, 0.5) is 5.69 Å². The Hall–Kier alpha value is -1.35. The zero-order valence-electron chi connectivity index (χ0n) is 10.2. The zero-order chi connectivity index (χ0) is 12.1. The highest BCUT2D eigenvalue weighted by Crippen LogP contribution is 2.22. The van der Waals surface area contributed by atoms with Crippen molar-refractivity contribution in [2.75, 3.05) is 5.32 Å². The lowest BCUT2D eigenvalue weighted by atomic mass is 10.0. The van der Waals surface area contributed by atoms with Gasteiger partial charge in [-0.3, -0.25) is 4.79 Å². The predicted molar refractivity (Wildman–Crippen MR) is 67.5 cm³/mol. The first-order valence-electron chi connectivity index (χ1n) is 5.77. The molecule has 0 aliphatic carbocycles. The van der Waals surface area contributed by atoms with Crippen LogP contribution in [-0.4, -0.2) is 11.9 Å². The van der Waals surface area contributed by atoms with Gasteiger partial charge in [-0.2, -0.15) is 0 Å². The molecule has 1 amide bonds. The van der Waals surface area contributed by atoms with Crippen LogP contribution in [0.2, 0.25) is 0 Å². The Labute approximate surface area is 97.0 Å². The van der Waals surface area contributed by atoms with Crippen molar-refractivity contribution in [3.8, 4) is 0 Å². The van der Waals surface area contributed by atoms with Crippen molar-refractivity contribution in [1.29, 1.82) is 0 Å². The van der Waals surface area contributed by atoms with Crippen LogP contribution in [0.15, 0.2) is 18.2 Å². The molecule has 1 rings (SSSR count). The van der Waals surface area contributed by atoms with Crippen molar-refractivity contribution in [3.63, 3.8) is 0 Å². The Morgan fingerprint density at radius 2 is 1.81 bits per heavy atom. The first kappa shape index (κ1) is 12.7. The van der Waals surface area contributed by atoms with E-state index in [-0.39, 0.29) is 5.91 Å². The number of para-hydroxylation sites is 1. The Morgan fingerprint density at radius 3 is 2.19 bits per heavy atom. The van der Waals surface area contributed by atoms with Gasteiger partial charge in [0.05, 0.1) is 6.04 Å². The molecule has 0 aromatic heterocycles. The fourth-order valence-corrected chi connectivity index (χ4v) is 1.64. The second-order valence-electron chi connectivity index (χ2n) is 3.94. The quantitative estimate of drug-likeness (QED) is 0.816. The molecule has 1 aromatic carbocycles. The summed E-state index contributed by atoms with van der Waals surface area (Å²) in [4.78, 5) is 11.6. The maximum absolute atomic E-state index is 11.6. The average molecular weight is 220 g/mol. The fraction of sp³-hybridized carbons (Fsp3) is 0.462. The van der Waals surface area contributed by atoms with Crippen LogP contribution >= 0.6 is 0 Å². The van der Waals surface area contributed by atoms with Crippen molar-refractivity contribution >= 4 is 11.6 Å². The van der Waals surface area contributed by atoms with Gasteiger partial charge >= 0.3 is 0 Å². The molecule has 3 nitrogen and oxygen atoms in total. The predicted octanol–water partition coefficient (Wildman–Crippen LogP) is 2.10. The minimum atomic E-state index is -0.477. The number of rotatable bonds is 4. The van der Waals surface area contributed by atoms with Gasteiger partial charge in [0, 0.05) is 5.69 Å². The lowest BCUT2D eigenvalue weighted by Gasteiger charge is -2.15. The second-order valence-corrected chi connectivity index (χ2v) is 3.94. The van der Waals surface area contributed by atoms with E-state index in [1.807, 2.05) is 18.2 Å². The molecule has 0 heterocycles. The standard InChI is InChI=1S/C13H20N2O/c1-4-10-7-6-8-11(5-2)12(10)15-13(16)9(3)14/h6-9H,4-5,14H2,1-3H3,(H,15,16)/t9-/m1/s1. The highest BCUT2D eigenvalue weighted by Gasteiger charge is 2.12. The highest BCUT2D eigenvalue weighted by atomic mass is 16.2. The summed E-state index contributed by atoms with van der Waals surface area (Å²) in [5, 5.41) is 2.92. The lowest BCUT2D eigenvalue weighted by Crippen LogP contribution is -2.33. The highest BCUT2D eigenvalue weighted by molar-refractivity contribution is 5.95.